The third kappa shape index (κ3) is 3.66. The summed E-state index contributed by atoms with van der Waals surface area (Å²) in [6.07, 6.45) is 4.93. The lowest BCUT2D eigenvalue weighted by Crippen LogP contribution is -2.15. The van der Waals surface area contributed by atoms with Crippen LogP contribution in [0.5, 0.6) is 0 Å². The van der Waals surface area contributed by atoms with E-state index in [2.05, 4.69) is 10.3 Å². The van der Waals surface area contributed by atoms with Gasteiger partial charge in [-0.3, -0.25) is 4.79 Å². The van der Waals surface area contributed by atoms with Crippen molar-refractivity contribution in [2.75, 3.05) is 5.32 Å². The Bertz CT molecular complexity index is 535. The lowest BCUT2D eigenvalue weighted by atomic mass is 10.1. The normalized spacial score (nSPS) is 12.1. The first-order valence-corrected chi connectivity index (χ1v) is 6.19. The minimum Gasteiger partial charge on any atom is -0.389 e. The number of para-hydroxylation sites is 1. The van der Waals surface area contributed by atoms with Crippen molar-refractivity contribution in [3.05, 3.63) is 48.5 Å². The molecule has 0 aliphatic carbocycles. The van der Waals surface area contributed by atoms with Gasteiger partial charge in [0.25, 0.3) is 0 Å². The summed E-state index contributed by atoms with van der Waals surface area (Å²) in [4.78, 5) is 15.8. The maximum atomic E-state index is 11.9. The maximum Gasteiger partial charge on any atom is 0.226 e. The molecule has 0 aliphatic heterocycles. The molecule has 0 spiro atoms. The fraction of sp³-hybridized carbons (Fsp3) is 0.286. The summed E-state index contributed by atoms with van der Waals surface area (Å²) in [5, 5.41) is 12.5. The molecule has 0 fully saturated rings. The van der Waals surface area contributed by atoms with Crippen LogP contribution in [0.4, 0.5) is 5.69 Å². The number of imidazole rings is 1. The van der Waals surface area contributed by atoms with Crippen LogP contribution in [0, 0.1) is 0 Å². The van der Waals surface area contributed by atoms with Crippen LogP contribution in [-0.4, -0.2) is 20.6 Å². The maximum absolute atomic E-state index is 11.9. The second-order valence-electron chi connectivity index (χ2n) is 4.36. The molecule has 0 radical (unpaired) electrons. The summed E-state index contributed by atoms with van der Waals surface area (Å²) < 4.78 is 1.85. The van der Waals surface area contributed by atoms with Crippen molar-refractivity contribution in [1.82, 2.24) is 9.55 Å². The van der Waals surface area contributed by atoms with Gasteiger partial charge in [-0.1, -0.05) is 18.2 Å². The number of anilines is 1. The number of amides is 1. The molecular weight excluding hydrogens is 242 g/mol. The predicted molar refractivity (Wildman–Crippen MR) is 72.5 cm³/mol. The zero-order chi connectivity index (χ0) is 13.7. The molecule has 0 aliphatic rings. The van der Waals surface area contributed by atoms with Crippen molar-refractivity contribution in [2.45, 2.75) is 26.0 Å². The van der Waals surface area contributed by atoms with Gasteiger partial charge in [0, 0.05) is 36.6 Å². The number of hydrogen-bond donors (Lipinski definition) is 2. The second kappa shape index (κ2) is 6.15. The minimum atomic E-state index is -0.606. The highest BCUT2D eigenvalue weighted by atomic mass is 16.3. The van der Waals surface area contributed by atoms with Crippen LogP contribution in [0.1, 0.15) is 25.0 Å². The molecule has 1 heterocycles. The smallest absolute Gasteiger partial charge is 0.226 e. The Morgan fingerprint density at radius 1 is 1.47 bits per heavy atom. The Kier molecular flexibility index (Phi) is 4.30. The summed E-state index contributed by atoms with van der Waals surface area (Å²) >= 11 is 0. The van der Waals surface area contributed by atoms with E-state index in [0.29, 0.717) is 18.7 Å². The van der Waals surface area contributed by atoms with Gasteiger partial charge < -0.3 is 15.0 Å². The average molecular weight is 259 g/mol. The molecule has 0 saturated carbocycles. The molecule has 0 bridgehead atoms. The van der Waals surface area contributed by atoms with Crippen LogP contribution in [0.15, 0.2) is 43.0 Å². The topological polar surface area (TPSA) is 67.2 Å². The first-order valence-electron chi connectivity index (χ1n) is 6.19. The molecule has 2 aromatic rings. The van der Waals surface area contributed by atoms with Gasteiger partial charge in [-0.2, -0.15) is 0 Å². The Balaban J connectivity index is 1.95. The number of carbonyl (C=O) groups is 1. The zero-order valence-electron chi connectivity index (χ0n) is 10.8. The molecule has 2 rings (SSSR count). The Hall–Kier alpha value is -2.14. The SMILES string of the molecule is CC(O)c1ccccc1NC(=O)CCn1ccnc1. The van der Waals surface area contributed by atoms with Crippen molar-refractivity contribution >= 4 is 11.6 Å². The van der Waals surface area contributed by atoms with Gasteiger partial charge in [-0.05, 0) is 13.0 Å². The number of aryl methyl sites for hydroxylation is 1. The molecule has 2 N–H and O–H groups in total. The highest BCUT2D eigenvalue weighted by Gasteiger charge is 2.09. The van der Waals surface area contributed by atoms with Crippen LogP contribution in [0.25, 0.3) is 0 Å². The van der Waals surface area contributed by atoms with E-state index in [4.69, 9.17) is 0 Å². The van der Waals surface area contributed by atoms with Crippen molar-refractivity contribution < 1.29 is 9.90 Å². The third-order valence-corrected chi connectivity index (χ3v) is 2.84. The van der Waals surface area contributed by atoms with E-state index in [-0.39, 0.29) is 5.91 Å². The fourth-order valence-corrected chi connectivity index (χ4v) is 1.84. The Morgan fingerprint density at radius 3 is 2.95 bits per heavy atom. The number of rotatable bonds is 5. The summed E-state index contributed by atoms with van der Waals surface area (Å²) in [6, 6.07) is 7.26. The summed E-state index contributed by atoms with van der Waals surface area (Å²) in [6.45, 7) is 2.26. The lowest BCUT2D eigenvalue weighted by molar-refractivity contribution is -0.116. The molecule has 100 valence electrons. The van der Waals surface area contributed by atoms with E-state index < -0.39 is 6.10 Å². The average Bonchev–Trinajstić information content (AvgIpc) is 2.90. The van der Waals surface area contributed by atoms with Crippen molar-refractivity contribution in [2.24, 2.45) is 0 Å². The molecule has 1 unspecified atom stereocenters. The number of aromatic nitrogens is 2. The number of nitrogens with one attached hydrogen (secondary N) is 1. The molecule has 5 nitrogen and oxygen atoms in total. The van der Waals surface area contributed by atoms with Crippen LogP contribution in [0.3, 0.4) is 0 Å². The highest BCUT2D eigenvalue weighted by Crippen LogP contribution is 2.22. The molecule has 5 heteroatoms. The van der Waals surface area contributed by atoms with Gasteiger partial charge in [-0.15, -0.1) is 0 Å². The molecular formula is C14H17N3O2. The molecule has 0 saturated heterocycles. The van der Waals surface area contributed by atoms with E-state index in [9.17, 15) is 9.90 Å². The number of aliphatic hydroxyl groups excluding tert-OH is 1. The van der Waals surface area contributed by atoms with Crippen LogP contribution >= 0.6 is 0 Å². The molecule has 1 amide bonds. The first-order chi connectivity index (χ1) is 9.16. The van der Waals surface area contributed by atoms with Gasteiger partial charge in [0.2, 0.25) is 5.91 Å². The first kappa shape index (κ1) is 13.3. The number of carbonyl (C=O) groups excluding carboxylic acids is 1. The standard InChI is InChI=1S/C14H17N3O2/c1-11(18)12-4-2-3-5-13(12)16-14(19)6-8-17-9-7-15-10-17/h2-5,7,9-11,18H,6,8H2,1H3,(H,16,19). The van der Waals surface area contributed by atoms with Gasteiger partial charge >= 0.3 is 0 Å². The molecule has 1 aromatic carbocycles. The molecule has 19 heavy (non-hydrogen) atoms. The van der Waals surface area contributed by atoms with Crippen molar-refractivity contribution in [3.63, 3.8) is 0 Å². The van der Waals surface area contributed by atoms with Crippen LogP contribution in [-0.2, 0) is 11.3 Å². The number of benzene rings is 1. The van der Waals surface area contributed by atoms with E-state index in [1.54, 1.807) is 31.6 Å². The lowest BCUT2D eigenvalue weighted by Gasteiger charge is -2.13. The number of nitrogens with zero attached hydrogens (tertiary/aromatic N) is 2. The zero-order valence-corrected chi connectivity index (χ0v) is 10.8. The fourth-order valence-electron chi connectivity index (χ4n) is 1.84. The van der Waals surface area contributed by atoms with Crippen molar-refractivity contribution in [1.29, 1.82) is 0 Å². The predicted octanol–water partition coefficient (Wildman–Crippen LogP) is 1.97. The molecule has 1 atom stereocenters. The summed E-state index contributed by atoms with van der Waals surface area (Å²) in [5.41, 5.74) is 1.38. The van der Waals surface area contributed by atoms with Gasteiger partial charge in [-0.25, -0.2) is 4.98 Å². The van der Waals surface area contributed by atoms with Gasteiger partial charge in [0.1, 0.15) is 0 Å². The van der Waals surface area contributed by atoms with E-state index in [1.807, 2.05) is 22.9 Å². The Morgan fingerprint density at radius 2 is 2.26 bits per heavy atom. The van der Waals surface area contributed by atoms with E-state index in [1.165, 1.54) is 0 Å². The van der Waals surface area contributed by atoms with E-state index >= 15 is 0 Å². The summed E-state index contributed by atoms with van der Waals surface area (Å²) in [7, 11) is 0. The largest absolute Gasteiger partial charge is 0.389 e. The second-order valence-corrected chi connectivity index (χ2v) is 4.36. The number of hydrogen-bond acceptors (Lipinski definition) is 3. The quantitative estimate of drug-likeness (QED) is 0.862. The third-order valence-electron chi connectivity index (χ3n) is 2.84. The van der Waals surface area contributed by atoms with Crippen LogP contribution in [0.2, 0.25) is 0 Å². The monoisotopic (exact) mass is 259 g/mol. The number of aliphatic hydroxyl groups is 1. The van der Waals surface area contributed by atoms with Crippen molar-refractivity contribution in [3.8, 4) is 0 Å². The highest BCUT2D eigenvalue weighted by molar-refractivity contribution is 5.91. The summed E-state index contributed by atoms with van der Waals surface area (Å²) in [5.74, 6) is -0.0817. The minimum absolute atomic E-state index is 0.0817. The van der Waals surface area contributed by atoms with E-state index in [0.717, 1.165) is 5.56 Å². The Labute approximate surface area is 111 Å². The van der Waals surface area contributed by atoms with Gasteiger partial charge in [0.15, 0.2) is 0 Å². The molecule has 1 aromatic heterocycles. The van der Waals surface area contributed by atoms with Gasteiger partial charge in [0.05, 0.1) is 12.4 Å². The van der Waals surface area contributed by atoms with Crippen LogP contribution < -0.4 is 5.32 Å².